The van der Waals surface area contributed by atoms with E-state index >= 15 is 0 Å². The van der Waals surface area contributed by atoms with Gasteiger partial charge in [-0.1, -0.05) is 17.9 Å². The predicted octanol–water partition coefficient (Wildman–Crippen LogP) is 3.83. The quantitative estimate of drug-likeness (QED) is 0.735. The van der Waals surface area contributed by atoms with Gasteiger partial charge in [-0.25, -0.2) is 4.79 Å². The zero-order chi connectivity index (χ0) is 14.5. The average Bonchev–Trinajstić information content (AvgIpc) is 3.06. The van der Waals surface area contributed by atoms with Crippen LogP contribution in [0.4, 0.5) is 4.79 Å². The van der Waals surface area contributed by atoms with Crippen molar-refractivity contribution in [2.75, 3.05) is 0 Å². The maximum atomic E-state index is 12.2. The summed E-state index contributed by atoms with van der Waals surface area (Å²) in [7, 11) is 0. The van der Waals surface area contributed by atoms with Crippen LogP contribution in [0, 0.1) is 18.8 Å². The number of ether oxygens (including phenoxy) is 1. The largest absolute Gasteiger partial charge is 0.443 e. The Balaban J connectivity index is 2.02. The van der Waals surface area contributed by atoms with Gasteiger partial charge in [0.1, 0.15) is 11.5 Å². The molecule has 2 aromatic rings. The maximum Gasteiger partial charge on any atom is 0.418 e. The Hall–Kier alpha value is -2.21. The maximum absolute atomic E-state index is 12.2. The van der Waals surface area contributed by atoms with Gasteiger partial charge in [-0.15, -0.1) is 0 Å². The summed E-state index contributed by atoms with van der Waals surface area (Å²) in [6.45, 7) is 7.61. The molecule has 20 heavy (non-hydrogen) atoms. The summed E-state index contributed by atoms with van der Waals surface area (Å²) in [5.74, 6) is 6.33. The zero-order valence-corrected chi connectivity index (χ0v) is 12.2. The second-order valence-corrected chi connectivity index (χ2v) is 6.16. The molecule has 1 aliphatic carbocycles. The van der Waals surface area contributed by atoms with Crippen LogP contribution in [0.15, 0.2) is 24.4 Å². The topological polar surface area (TPSA) is 31.2 Å². The molecule has 1 aliphatic rings. The fraction of sp³-hybridized carbons (Fsp3) is 0.353. The van der Waals surface area contributed by atoms with E-state index < -0.39 is 5.60 Å². The van der Waals surface area contributed by atoms with E-state index in [1.54, 1.807) is 10.8 Å². The smallest absolute Gasteiger partial charge is 0.418 e. The lowest BCUT2D eigenvalue weighted by molar-refractivity contribution is 0.0544. The summed E-state index contributed by atoms with van der Waals surface area (Å²) in [5.41, 5.74) is 2.65. The second-order valence-electron chi connectivity index (χ2n) is 6.16. The van der Waals surface area contributed by atoms with Gasteiger partial charge in [-0.05, 0) is 51.0 Å². The standard InChI is InChI=1S/C17H17NO2/c1-11-9-14(12-5-6-12)10-13-7-8-18(15(11)13)16(19)20-17(2,3)4/h7-10,12H,1-4H3. The Labute approximate surface area is 118 Å². The van der Waals surface area contributed by atoms with Gasteiger partial charge >= 0.3 is 6.09 Å². The fourth-order valence-corrected chi connectivity index (χ4v) is 2.36. The number of hydrogen-bond acceptors (Lipinski definition) is 2. The SMILES string of the molecule is Cc1cc(C2C#C2)cc2ccn(C(=O)OC(C)(C)C)c12. The Morgan fingerprint density at radius 3 is 2.60 bits per heavy atom. The molecule has 0 spiro atoms. The summed E-state index contributed by atoms with van der Waals surface area (Å²) in [4.78, 5) is 12.2. The van der Waals surface area contributed by atoms with Crippen molar-refractivity contribution in [2.24, 2.45) is 0 Å². The molecule has 0 saturated carbocycles. The second kappa shape index (κ2) is 4.14. The van der Waals surface area contributed by atoms with E-state index in [-0.39, 0.29) is 12.0 Å². The van der Waals surface area contributed by atoms with Gasteiger partial charge in [-0.3, -0.25) is 4.57 Å². The third-order valence-electron chi connectivity index (χ3n) is 3.21. The first-order valence-electron chi connectivity index (χ1n) is 6.71. The zero-order valence-electron chi connectivity index (χ0n) is 12.2. The van der Waals surface area contributed by atoms with Crippen LogP contribution >= 0.6 is 0 Å². The Morgan fingerprint density at radius 1 is 1.30 bits per heavy atom. The van der Waals surface area contributed by atoms with E-state index in [0.29, 0.717) is 0 Å². The minimum Gasteiger partial charge on any atom is -0.443 e. The minimum absolute atomic E-state index is 0.225. The van der Waals surface area contributed by atoms with Crippen LogP contribution in [0.2, 0.25) is 0 Å². The van der Waals surface area contributed by atoms with E-state index in [2.05, 4.69) is 24.0 Å². The molecular weight excluding hydrogens is 250 g/mol. The van der Waals surface area contributed by atoms with Crippen LogP contribution in [-0.4, -0.2) is 16.3 Å². The Kier molecular flexibility index (Phi) is 2.65. The van der Waals surface area contributed by atoms with E-state index in [1.807, 2.05) is 33.8 Å². The number of aryl methyl sites for hydroxylation is 1. The molecule has 3 heteroatoms. The van der Waals surface area contributed by atoms with Crippen LogP contribution in [0.5, 0.6) is 0 Å². The number of fused-ring (bicyclic) bond motifs is 1. The van der Waals surface area contributed by atoms with Crippen molar-refractivity contribution in [3.8, 4) is 11.8 Å². The van der Waals surface area contributed by atoms with Crippen molar-refractivity contribution in [3.63, 3.8) is 0 Å². The van der Waals surface area contributed by atoms with E-state index in [1.165, 1.54) is 5.56 Å². The van der Waals surface area contributed by atoms with Crippen LogP contribution in [0.1, 0.15) is 37.8 Å². The van der Waals surface area contributed by atoms with E-state index in [4.69, 9.17) is 4.74 Å². The molecule has 1 heterocycles. The fourth-order valence-electron chi connectivity index (χ4n) is 2.36. The molecule has 0 bridgehead atoms. The number of hydrogen-bond donors (Lipinski definition) is 0. The first-order chi connectivity index (χ1) is 9.35. The summed E-state index contributed by atoms with van der Waals surface area (Å²) >= 11 is 0. The molecule has 0 amide bonds. The highest BCUT2D eigenvalue weighted by atomic mass is 16.6. The summed E-state index contributed by atoms with van der Waals surface area (Å²) in [5, 5.41) is 1.04. The Morgan fingerprint density at radius 2 is 2.00 bits per heavy atom. The van der Waals surface area contributed by atoms with Crippen molar-refractivity contribution >= 4 is 17.0 Å². The number of benzene rings is 1. The minimum atomic E-state index is -0.497. The lowest BCUT2D eigenvalue weighted by atomic mass is 10.0. The van der Waals surface area contributed by atoms with Gasteiger partial charge in [0.15, 0.2) is 0 Å². The van der Waals surface area contributed by atoms with Crippen molar-refractivity contribution in [2.45, 2.75) is 39.2 Å². The Bertz CT molecular complexity index is 758. The van der Waals surface area contributed by atoms with E-state index in [0.717, 1.165) is 16.5 Å². The summed E-state index contributed by atoms with van der Waals surface area (Å²) in [6, 6.07) is 6.11. The van der Waals surface area contributed by atoms with Gasteiger partial charge in [0.05, 0.1) is 5.52 Å². The lowest BCUT2D eigenvalue weighted by Gasteiger charge is -2.20. The number of aromatic nitrogens is 1. The summed E-state index contributed by atoms with van der Waals surface area (Å²) in [6.07, 6.45) is 1.43. The third kappa shape index (κ3) is 2.30. The van der Waals surface area contributed by atoms with Gasteiger partial charge in [0.2, 0.25) is 0 Å². The molecule has 0 unspecified atom stereocenters. The van der Waals surface area contributed by atoms with Crippen molar-refractivity contribution < 1.29 is 9.53 Å². The summed E-state index contributed by atoms with van der Waals surface area (Å²) < 4.78 is 7.01. The van der Waals surface area contributed by atoms with Crippen molar-refractivity contribution in [1.82, 2.24) is 4.57 Å². The number of carbonyl (C=O) groups excluding carboxylic acids is 1. The van der Waals surface area contributed by atoms with Crippen LogP contribution < -0.4 is 0 Å². The van der Waals surface area contributed by atoms with Gasteiger partial charge in [-0.2, -0.15) is 0 Å². The molecule has 102 valence electrons. The van der Waals surface area contributed by atoms with Crippen LogP contribution in [-0.2, 0) is 4.74 Å². The predicted molar refractivity (Wildman–Crippen MR) is 78.8 cm³/mol. The number of rotatable bonds is 1. The molecule has 3 nitrogen and oxygen atoms in total. The van der Waals surface area contributed by atoms with Gasteiger partial charge in [0.25, 0.3) is 0 Å². The highest BCUT2D eigenvalue weighted by Crippen LogP contribution is 2.29. The highest BCUT2D eigenvalue weighted by molar-refractivity contribution is 5.92. The van der Waals surface area contributed by atoms with Crippen LogP contribution in [0.3, 0.4) is 0 Å². The molecule has 0 saturated heterocycles. The first kappa shape index (κ1) is 12.8. The molecule has 0 N–H and O–H groups in total. The molecule has 0 atom stereocenters. The molecule has 1 aromatic carbocycles. The van der Waals surface area contributed by atoms with Gasteiger partial charge < -0.3 is 4.74 Å². The first-order valence-corrected chi connectivity index (χ1v) is 6.71. The average molecular weight is 267 g/mol. The highest BCUT2D eigenvalue weighted by Gasteiger charge is 2.21. The number of carbonyl (C=O) groups is 1. The molecule has 0 radical (unpaired) electrons. The van der Waals surface area contributed by atoms with Crippen LogP contribution in [0.25, 0.3) is 10.9 Å². The molecule has 0 aliphatic heterocycles. The molecule has 0 fully saturated rings. The third-order valence-corrected chi connectivity index (χ3v) is 3.21. The lowest BCUT2D eigenvalue weighted by Crippen LogP contribution is -2.26. The monoisotopic (exact) mass is 267 g/mol. The number of nitrogens with zero attached hydrogens (tertiary/aromatic N) is 1. The molecular formula is C17H17NO2. The van der Waals surface area contributed by atoms with Crippen molar-refractivity contribution in [3.05, 3.63) is 35.5 Å². The normalized spacial score (nSPS) is 14.0. The molecule has 1 aromatic heterocycles. The molecule has 3 rings (SSSR count). The van der Waals surface area contributed by atoms with Gasteiger partial charge in [0, 0.05) is 11.6 Å². The van der Waals surface area contributed by atoms with E-state index in [9.17, 15) is 4.79 Å². The van der Waals surface area contributed by atoms with Crippen molar-refractivity contribution in [1.29, 1.82) is 0 Å².